The summed E-state index contributed by atoms with van der Waals surface area (Å²) in [7, 11) is 2.74. The molecule has 4 amide bonds. The Morgan fingerprint density at radius 3 is 1.67 bits per heavy atom. The molecule has 0 aromatic rings. The molecule has 284 valence electrons. The number of likely N-dealkylation sites (N-methyl/N-ethyl adjacent to an activating group) is 2. The highest BCUT2D eigenvalue weighted by molar-refractivity contribution is 5.95. The van der Waals surface area contributed by atoms with Gasteiger partial charge in [0.15, 0.2) is 6.04 Å². The van der Waals surface area contributed by atoms with E-state index in [1.165, 1.54) is 32.8 Å². The Kier molecular flexibility index (Phi) is 17.8. The van der Waals surface area contributed by atoms with E-state index in [-0.39, 0.29) is 18.3 Å². The number of rotatable bonds is 18. The van der Waals surface area contributed by atoms with Gasteiger partial charge in [0.2, 0.25) is 23.8 Å². The van der Waals surface area contributed by atoms with Crippen LogP contribution in [0.5, 0.6) is 0 Å². The Bertz CT molecular complexity index is 1140. The van der Waals surface area contributed by atoms with Crippen LogP contribution in [-0.4, -0.2) is 111 Å². The first-order valence-corrected chi connectivity index (χ1v) is 17.2. The smallest absolute Gasteiger partial charge is 0.408 e. The second-order valence-electron chi connectivity index (χ2n) is 15.4. The summed E-state index contributed by atoms with van der Waals surface area (Å²) in [6.07, 6.45) is -1.18. The normalized spacial score (nSPS) is 16.4. The number of carboxylic acid groups (broad SMARTS) is 1. The molecule has 0 heterocycles. The van der Waals surface area contributed by atoms with E-state index in [2.05, 4.69) is 10.6 Å². The zero-order valence-electron chi connectivity index (χ0n) is 32.4. The number of amides is 4. The highest BCUT2D eigenvalue weighted by Crippen LogP contribution is 2.23. The number of nitrogens with one attached hydrogen (secondary N) is 2. The summed E-state index contributed by atoms with van der Waals surface area (Å²) < 4.78 is 10.7. The largest absolute Gasteiger partial charge is 0.478 e. The minimum atomic E-state index is -1.86. The minimum absolute atomic E-state index is 0.110. The van der Waals surface area contributed by atoms with E-state index in [1.807, 2.05) is 20.8 Å². The molecule has 7 atom stereocenters. The fourth-order valence-corrected chi connectivity index (χ4v) is 5.46. The van der Waals surface area contributed by atoms with Crippen LogP contribution in [0.2, 0.25) is 0 Å². The van der Waals surface area contributed by atoms with Crippen LogP contribution in [0.25, 0.3) is 0 Å². The van der Waals surface area contributed by atoms with Gasteiger partial charge in [0.25, 0.3) is 0 Å². The number of carbonyl (C=O) groups is 6. The average Bonchev–Trinajstić information content (AvgIpc) is 2.94. The Labute approximate surface area is 293 Å². The van der Waals surface area contributed by atoms with E-state index < -0.39 is 89.1 Å². The lowest BCUT2D eigenvalue weighted by atomic mass is 9.94. The first-order chi connectivity index (χ1) is 22.2. The summed E-state index contributed by atoms with van der Waals surface area (Å²) in [6.45, 7) is 21.9. The first kappa shape index (κ1) is 45.6. The fraction of sp³-hybridized carbons (Fsp3) is 0.829. The van der Waals surface area contributed by atoms with Crippen molar-refractivity contribution in [3.05, 3.63) is 0 Å². The fourth-order valence-electron chi connectivity index (χ4n) is 5.46. The van der Waals surface area contributed by atoms with Crippen LogP contribution in [-0.2, 0) is 33.4 Å². The van der Waals surface area contributed by atoms with Gasteiger partial charge in [0.1, 0.15) is 23.7 Å². The summed E-state index contributed by atoms with van der Waals surface area (Å²) in [5.41, 5.74) is -2.65. The number of carboxylic acids is 1. The van der Waals surface area contributed by atoms with Gasteiger partial charge in [0.05, 0.1) is 5.60 Å². The summed E-state index contributed by atoms with van der Waals surface area (Å²) >= 11 is 0. The van der Waals surface area contributed by atoms with Crippen LogP contribution < -0.4 is 10.6 Å². The monoisotopic (exact) mass is 700 g/mol. The van der Waals surface area contributed by atoms with Crippen molar-refractivity contribution in [1.82, 2.24) is 20.4 Å². The maximum Gasteiger partial charge on any atom is 0.408 e. The highest BCUT2D eigenvalue weighted by Gasteiger charge is 2.45. The number of aliphatic carboxylic acids is 1. The zero-order valence-corrected chi connectivity index (χ0v) is 32.4. The van der Waals surface area contributed by atoms with E-state index in [4.69, 9.17) is 9.47 Å². The predicted molar refractivity (Wildman–Crippen MR) is 185 cm³/mol. The molecule has 0 aliphatic rings. The zero-order chi connectivity index (χ0) is 38.8. The molecule has 14 heteroatoms. The number of alkyl carbamates (subject to hydrolysis) is 1. The quantitative estimate of drug-likeness (QED) is 0.154. The topological polar surface area (TPSA) is 192 Å². The van der Waals surface area contributed by atoms with Crippen molar-refractivity contribution in [3.63, 3.8) is 0 Å². The SMILES string of the molecule is CC[C@@H](C)[C@H](NC(=O)OC(C)(C)C)C(=O)N(C)[C@H](C(=O)N[C@@H](CC(C)C)C(=O)N(C)[C@H](C(=O)O[C@@H](C(=O)O)[C@H](C)CC)C(C)(C)O)C(C)C. The maximum absolute atomic E-state index is 14.0. The van der Waals surface area contributed by atoms with Gasteiger partial charge in [-0.05, 0) is 65.2 Å². The predicted octanol–water partition coefficient (Wildman–Crippen LogP) is 3.58. The average molecular weight is 701 g/mol. The summed E-state index contributed by atoms with van der Waals surface area (Å²) in [6, 6.07) is -4.86. The van der Waals surface area contributed by atoms with Crippen molar-refractivity contribution >= 4 is 35.8 Å². The molecule has 4 N–H and O–H groups in total. The minimum Gasteiger partial charge on any atom is -0.478 e. The molecule has 0 saturated carbocycles. The van der Waals surface area contributed by atoms with E-state index >= 15 is 0 Å². The molecule has 49 heavy (non-hydrogen) atoms. The third-order valence-corrected chi connectivity index (χ3v) is 8.41. The third kappa shape index (κ3) is 14.1. The molecule has 0 bridgehead atoms. The van der Waals surface area contributed by atoms with Gasteiger partial charge >= 0.3 is 18.0 Å². The van der Waals surface area contributed by atoms with Crippen LogP contribution in [0.1, 0.15) is 109 Å². The molecule has 0 aromatic heterocycles. The Morgan fingerprint density at radius 1 is 0.776 bits per heavy atom. The van der Waals surface area contributed by atoms with Crippen molar-refractivity contribution in [3.8, 4) is 0 Å². The summed E-state index contributed by atoms with van der Waals surface area (Å²) in [5, 5.41) is 26.1. The first-order valence-electron chi connectivity index (χ1n) is 17.2. The van der Waals surface area contributed by atoms with Gasteiger partial charge in [-0.1, -0.05) is 61.8 Å². The van der Waals surface area contributed by atoms with E-state index in [9.17, 15) is 39.0 Å². The molecule has 14 nitrogen and oxygen atoms in total. The van der Waals surface area contributed by atoms with Crippen molar-refractivity contribution in [2.24, 2.45) is 23.7 Å². The second kappa shape index (κ2) is 19.1. The number of nitrogens with zero attached hydrogens (tertiary/aromatic N) is 2. The lowest BCUT2D eigenvalue weighted by Crippen LogP contribution is -2.62. The van der Waals surface area contributed by atoms with E-state index in [0.29, 0.717) is 12.8 Å². The van der Waals surface area contributed by atoms with E-state index in [1.54, 1.807) is 55.4 Å². The Morgan fingerprint density at radius 2 is 1.29 bits per heavy atom. The maximum atomic E-state index is 14.0. The second-order valence-corrected chi connectivity index (χ2v) is 15.4. The highest BCUT2D eigenvalue weighted by atomic mass is 16.6. The summed E-state index contributed by atoms with van der Waals surface area (Å²) in [5.74, 6) is -5.71. The van der Waals surface area contributed by atoms with Crippen LogP contribution in [0, 0.1) is 23.7 Å². The molecule has 0 aliphatic carbocycles. The number of carbonyl (C=O) groups excluding carboxylic acids is 5. The lowest BCUT2D eigenvalue weighted by molar-refractivity contribution is -0.179. The molecule has 0 spiro atoms. The molecular formula is C35H64N4O10. The number of aliphatic hydroxyl groups is 1. The van der Waals surface area contributed by atoms with Crippen LogP contribution in [0.4, 0.5) is 4.79 Å². The Hall–Kier alpha value is -3.42. The molecule has 0 aromatic carbocycles. The summed E-state index contributed by atoms with van der Waals surface area (Å²) in [4.78, 5) is 82.0. The van der Waals surface area contributed by atoms with Crippen molar-refractivity contribution in [1.29, 1.82) is 0 Å². The van der Waals surface area contributed by atoms with E-state index in [0.717, 1.165) is 4.90 Å². The molecular weight excluding hydrogens is 636 g/mol. The van der Waals surface area contributed by atoms with Gasteiger partial charge in [-0.15, -0.1) is 0 Å². The van der Waals surface area contributed by atoms with Gasteiger partial charge < -0.3 is 40.1 Å². The molecule has 0 rings (SSSR count). The van der Waals surface area contributed by atoms with Crippen molar-refractivity contribution in [2.75, 3.05) is 14.1 Å². The van der Waals surface area contributed by atoms with Gasteiger partial charge in [0, 0.05) is 20.0 Å². The van der Waals surface area contributed by atoms with Gasteiger partial charge in [-0.25, -0.2) is 14.4 Å². The number of ether oxygens (including phenoxy) is 2. The number of esters is 1. The van der Waals surface area contributed by atoms with Gasteiger partial charge in [-0.3, -0.25) is 14.4 Å². The molecule has 0 unspecified atom stereocenters. The Balaban J connectivity index is 6.50. The van der Waals surface area contributed by atoms with Crippen molar-refractivity contribution < 1.29 is 48.5 Å². The number of hydrogen-bond donors (Lipinski definition) is 4. The van der Waals surface area contributed by atoms with Crippen LogP contribution in [0.15, 0.2) is 0 Å². The molecule has 0 aliphatic heterocycles. The number of hydrogen-bond acceptors (Lipinski definition) is 9. The molecule has 0 radical (unpaired) electrons. The van der Waals surface area contributed by atoms with Crippen molar-refractivity contribution in [2.45, 2.75) is 151 Å². The third-order valence-electron chi connectivity index (χ3n) is 8.41. The molecule has 0 fully saturated rings. The van der Waals surface area contributed by atoms with Crippen LogP contribution in [0.3, 0.4) is 0 Å². The van der Waals surface area contributed by atoms with Crippen LogP contribution >= 0.6 is 0 Å². The standard InChI is InChI=1S/C35H64N4O10/c1-16-21(7)24(37-33(46)49-34(9,10)11)30(42)38(14)25(20(5)6)28(40)36-23(18-19(3)4)29(41)39(15)27(35(12,13)47)32(45)48-26(31(43)44)22(8)17-2/h19-27,47H,16-18H2,1-15H3,(H,36,40)(H,37,46)(H,43,44)/t21-,22-,23+,24+,25+,26-,27-/m1/s1. The lowest BCUT2D eigenvalue weighted by Gasteiger charge is -2.38. The van der Waals surface area contributed by atoms with Gasteiger partial charge in [-0.2, -0.15) is 0 Å². The molecule has 0 saturated heterocycles.